The number of thioether (sulfide) groups is 1. The molecule has 0 bridgehead atoms. The fourth-order valence-corrected chi connectivity index (χ4v) is 3.35. The standard InChI is InChI=1S/C22H19N2O6S/c1-14-12-23-19(13-24(14)28)21(26)30-16-8-10-17(11-9-16)31-22(27)18-6-4-3-5-7-20(18)29-15(2)25/h3-6,8-13H,7H2,1-2H3,(H,23,28)/q+1. The van der Waals surface area contributed by atoms with Crippen molar-refractivity contribution in [1.82, 2.24) is 4.98 Å². The Morgan fingerprint density at radius 1 is 1.10 bits per heavy atom. The summed E-state index contributed by atoms with van der Waals surface area (Å²) in [5.41, 5.74) is 0.725. The Kier molecular flexibility index (Phi) is 6.99. The number of aromatic amines is 1. The zero-order valence-electron chi connectivity index (χ0n) is 16.8. The number of aryl methyl sites for hydroxylation is 1. The van der Waals surface area contributed by atoms with Gasteiger partial charge in [-0.2, -0.15) is 0 Å². The first kappa shape index (κ1) is 22.0. The van der Waals surface area contributed by atoms with Crippen LogP contribution in [0.5, 0.6) is 5.75 Å². The van der Waals surface area contributed by atoms with Gasteiger partial charge in [-0.25, -0.2) is 4.79 Å². The highest BCUT2D eigenvalue weighted by atomic mass is 32.2. The summed E-state index contributed by atoms with van der Waals surface area (Å²) in [6.45, 7) is 2.88. The molecule has 1 aliphatic carbocycles. The molecule has 0 spiro atoms. The number of allylic oxidation sites excluding steroid dienone is 4. The molecule has 9 heteroatoms. The van der Waals surface area contributed by atoms with Gasteiger partial charge in [-0.3, -0.25) is 9.59 Å². The maximum Gasteiger partial charge on any atom is 0.366 e. The second-order valence-corrected chi connectivity index (χ2v) is 7.52. The minimum Gasteiger partial charge on any atom is -0.430 e. The number of ether oxygens (including phenoxy) is 2. The summed E-state index contributed by atoms with van der Waals surface area (Å²) in [4.78, 5) is 51.1. The van der Waals surface area contributed by atoms with Crippen LogP contribution < -0.4 is 9.16 Å². The number of H-pyrrole nitrogens is 1. The number of rotatable bonds is 5. The molecule has 1 aliphatic rings. The third-order valence-electron chi connectivity index (χ3n) is 4.10. The van der Waals surface area contributed by atoms with E-state index in [1.165, 1.54) is 13.1 Å². The molecule has 8 nitrogen and oxygen atoms in total. The lowest BCUT2D eigenvalue weighted by molar-refractivity contribution is -0.503. The molecule has 0 saturated heterocycles. The molecule has 0 fully saturated rings. The number of carbonyl (C=O) groups is 3. The fraction of sp³-hybridized carbons (Fsp3) is 0.136. The summed E-state index contributed by atoms with van der Waals surface area (Å²) >= 11 is 0.959. The Hall–Kier alpha value is -3.72. The Labute approximate surface area is 181 Å². The first-order valence-corrected chi connectivity index (χ1v) is 10.1. The average molecular weight is 439 g/mol. The molecule has 0 atom stereocenters. The second-order valence-electron chi connectivity index (χ2n) is 6.47. The topological polar surface area (TPSA) is 108 Å². The molecule has 0 unspecified atom stereocenters. The molecule has 0 saturated carbocycles. The van der Waals surface area contributed by atoms with Crippen molar-refractivity contribution in [2.24, 2.45) is 0 Å². The maximum absolute atomic E-state index is 12.7. The Balaban J connectivity index is 1.69. The lowest BCUT2D eigenvalue weighted by Gasteiger charge is -2.09. The van der Waals surface area contributed by atoms with E-state index in [-0.39, 0.29) is 16.6 Å². The van der Waals surface area contributed by atoms with Gasteiger partial charge in [0.2, 0.25) is 5.12 Å². The van der Waals surface area contributed by atoms with Crippen molar-refractivity contribution in [2.75, 3.05) is 0 Å². The molecule has 0 aliphatic heterocycles. The minimum absolute atomic E-state index is 0.00734. The molecule has 158 valence electrons. The SMILES string of the molecule is CC(=O)OC1=C(C(=O)Sc2ccc(OC(=O)c3c[n+](=O)c(C)c[nH]3)cc2)C=CC=CC1. The number of nitrogens with zero attached hydrogens (tertiary/aromatic N) is 1. The van der Waals surface area contributed by atoms with E-state index in [4.69, 9.17) is 9.47 Å². The summed E-state index contributed by atoms with van der Waals surface area (Å²) in [5.74, 6) is -0.654. The maximum atomic E-state index is 12.7. The molecule has 1 aromatic carbocycles. The summed E-state index contributed by atoms with van der Waals surface area (Å²) in [6.07, 6.45) is 9.73. The predicted octanol–water partition coefficient (Wildman–Crippen LogP) is 3.41. The number of carbonyl (C=O) groups excluding carboxylic acids is 3. The van der Waals surface area contributed by atoms with Crippen molar-refractivity contribution < 1.29 is 28.3 Å². The van der Waals surface area contributed by atoms with Crippen LogP contribution in [-0.4, -0.2) is 22.0 Å². The second kappa shape index (κ2) is 9.86. The van der Waals surface area contributed by atoms with E-state index in [0.717, 1.165) is 18.0 Å². The lowest BCUT2D eigenvalue weighted by atomic mass is 10.2. The highest BCUT2D eigenvalue weighted by molar-refractivity contribution is 8.14. The van der Waals surface area contributed by atoms with Crippen LogP contribution in [0.1, 0.15) is 29.5 Å². The Morgan fingerprint density at radius 2 is 1.84 bits per heavy atom. The van der Waals surface area contributed by atoms with Gasteiger partial charge in [0.05, 0.1) is 16.2 Å². The summed E-state index contributed by atoms with van der Waals surface area (Å²) in [6, 6.07) is 6.34. The Bertz CT molecular complexity index is 1180. The van der Waals surface area contributed by atoms with Crippen molar-refractivity contribution in [3.05, 3.63) is 88.6 Å². The summed E-state index contributed by atoms with van der Waals surface area (Å²) in [5, 5.41) is -0.282. The molecule has 1 heterocycles. The van der Waals surface area contributed by atoms with E-state index in [2.05, 4.69) is 4.98 Å². The predicted molar refractivity (Wildman–Crippen MR) is 113 cm³/mol. The van der Waals surface area contributed by atoms with E-state index in [1.807, 2.05) is 0 Å². The zero-order valence-corrected chi connectivity index (χ0v) is 17.6. The molecular weight excluding hydrogens is 420 g/mol. The normalized spacial score (nSPS) is 13.0. The van der Waals surface area contributed by atoms with Gasteiger partial charge in [0, 0.05) is 30.1 Å². The molecule has 0 amide bonds. The van der Waals surface area contributed by atoms with Crippen LogP contribution >= 0.6 is 11.8 Å². The smallest absolute Gasteiger partial charge is 0.366 e. The Morgan fingerprint density at radius 3 is 2.52 bits per heavy atom. The van der Waals surface area contributed by atoms with E-state index in [9.17, 15) is 19.3 Å². The van der Waals surface area contributed by atoms with E-state index >= 15 is 0 Å². The van der Waals surface area contributed by atoms with Gasteiger partial charge < -0.3 is 14.5 Å². The van der Waals surface area contributed by atoms with Gasteiger partial charge in [0.25, 0.3) is 11.9 Å². The van der Waals surface area contributed by atoms with Crippen molar-refractivity contribution in [3.63, 3.8) is 0 Å². The van der Waals surface area contributed by atoms with Gasteiger partial charge in [-0.05, 0) is 42.1 Å². The number of hydrogen-bond acceptors (Lipinski definition) is 7. The largest absolute Gasteiger partial charge is 0.430 e. The highest BCUT2D eigenvalue weighted by Gasteiger charge is 2.19. The molecule has 31 heavy (non-hydrogen) atoms. The highest BCUT2D eigenvalue weighted by Crippen LogP contribution is 2.28. The van der Waals surface area contributed by atoms with Gasteiger partial charge in [0.15, 0.2) is 5.69 Å². The number of esters is 2. The van der Waals surface area contributed by atoms with Crippen LogP contribution in [-0.2, 0) is 14.3 Å². The van der Waals surface area contributed by atoms with Gasteiger partial charge in [-0.15, -0.1) is 0 Å². The number of benzene rings is 1. The van der Waals surface area contributed by atoms with Crippen LogP contribution in [0.25, 0.3) is 0 Å². The van der Waals surface area contributed by atoms with E-state index < -0.39 is 11.9 Å². The number of hydrogen-bond donors (Lipinski definition) is 1. The van der Waals surface area contributed by atoms with Crippen molar-refractivity contribution in [1.29, 1.82) is 0 Å². The van der Waals surface area contributed by atoms with Gasteiger partial charge >= 0.3 is 11.9 Å². The summed E-state index contributed by atoms with van der Waals surface area (Å²) in [7, 11) is 0. The molecular formula is C22H19N2O6S+. The minimum atomic E-state index is -0.714. The van der Waals surface area contributed by atoms with Crippen LogP contribution in [0.2, 0.25) is 0 Å². The molecule has 1 N–H and O–H groups in total. The first-order valence-electron chi connectivity index (χ1n) is 9.24. The third-order valence-corrected chi connectivity index (χ3v) is 5.01. The lowest BCUT2D eigenvalue weighted by Crippen LogP contribution is -2.23. The molecule has 1 aromatic heterocycles. The summed E-state index contributed by atoms with van der Waals surface area (Å²) < 4.78 is 11.0. The first-order chi connectivity index (χ1) is 14.8. The molecule has 0 radical (unpaired) electrons. The van der Waals surface area contributed by atoms with Crippen LogP contribution in [0.4, 0.5) is 0 Å². The quantitative estimate of drug-likeness (QED) is 0.329. The van der Waals surface area contributed by atoms with Crippen LogP contribution in [0, 0.1) is 11.8 Å². The van der Waals surface area contributed by atoms with E-state index in [0.29, 0.717) is 32.8 Å². The number of nitrogens with one attached hydrogen (secondary N) is 1. The molecule has 3 rings (SSSR count). The molecule has 2 aromatic rings. The van der Waals surface area contributed by atoms with Crippen molar-refractivity contribution in [2.45, 2.75) is 25.2 Å². The monoisotopic (exact) mass is 439 g/mol. The van der Waals surface area contributed by atoms with Gasteiger partial charge in [0.1, 0.15) is 11.5 Å². The van der Waals surface area contributed by atoms with Crippen molar-refractivity contribution >= 4 is 28.8 Å². The van der Waals surface area contributed by atoms with Crippen LogP contribution in [0.15, 0.2) is 77.2 Å². The van der Waals surface area contributed by atoms with Crippen molar-refractivity contribution in [3.8, 4) is 5.75 Å². The zero-order chi connectivity index (χ0) is 22.4. The number of aromatic nitrogens is 2. The van der Waals surface area contributed by atoms with Gasteiger partial charge in [-0.1, -0.05) is 18.2 Å². The third kappa shape index (κ3) is 5.89. The van der Waals surface area contributed by atoms with Crippen LogP contribution in [0.3, 0.4) is 0 Å². The fourth-order valence-electron chi connectivity index (χ4n) is 2.57. The average Bonchev–Trinajstić information content (AvgIpc) is 2.96. The van der Waals surface area contributed by atoms with E-state index in [1.54, 1.807) is 55.5 Å².